The van der Waals surface area contributed by atoms with E-state index in [1.807, 2.05) is 53.4 Å². The summed E-state index contributed by atoms with van der Waals surface area (Å²) in [6, 6.07) is 14.8. The number of amides is 3. The van der Waals surface area contributed by atoms with E-state index in [0.717, 1.165) is 30.2 Å². The van der Waals surface area contributed by atoms with Gasteiger partial charge in [-0.1, -0.05) is 17.7 Å². The third-order valence-corrected chi connectivity index (χ3v) is 5.81. The molecular formula is C22H25ClN4O3. The first-order valence-corrected chi connectivity index (χ1v) is 10.4. The number of rotatable bonds is 4. The molecule has 0 radical (unpaired) electrons. The lowest BCUT2D eigenvalue weighted by Gasteiger charge is -2.36. The molecule has 0 saturated carbocycles. The molecule has 2 heterocycles. The molecule has 2 aliphatic rings. The van der Waals surface area contributed by atoms with Gasteiger partial charge in [-0.3, -0.25) is 4.79 Å². The fraction of sp³-hybridized carbons (Fsp3) is 0.364. The number of carbonyl (C=O) groups excluding carboxylic acids is 2. The van der Waals surface area contributed by atoms with Gasteiger partial charge in [0.05, 0.1) is 13.2 Å². The van der Waals surface area contributed by atoms with Crippen molar-refractivity contribution in [1.82, 2.24) is 10.2 Å². The Morgan fingerprint density at radius 2 is 1.80 bits per heavy atom. The molecule has 2 aromatic carbocycles. The number of halogens is 1. The van der Waals surface area contributed by atoms with E-state index in [0.29, 0.717) is 31.1 Å². The van der Waals surface area contributed by atoms with Crippen molar-refractivity contribution >= 4 is 34.9 Å². The highest BCUT2D eigenvalue weighted by molar-refractivity contribution is 6.30. The Bertz CT molecular complexity index is 913. The molecule has 3 amide bonds. The number of carbonyl (C=O) groups is 2. The van der Waals surface area contributed by atoms with Gasteiger partial charge >= 0.3 is 6.03 Å². The number of hydrogen-bond acceptors (Lipinski definition) is 4. The number of benzene rings is 2. The van der Waals surface area contributed by atoms with Gasteiger partial charge in [0.1, 0.15) is 5.75 Å². The molecule has 4 rings (SSSR count). The van der Waals surface area contributed by atoms with Crippen LogP contribution in [0.3, 0.4) is 0 Å². The van der Waals surface area contributed by atoms with Crippen LogP contribution in [0.15, 0.2) is 48.5 Å². The summed E-state index contributed by atoms with van der Waals surface area (Å²) in [5.74, 6) is 0.753. The van der Waals surface area contributed by atoms with Crippen molar-refractivity contribution < 1.29 is 14.3 Å². The maximum absolute atomic E-state index is 12.7. The number of methoxy groups -OCH3 is 1. The molecule has 2 saturated heterocycles. The molecule has 0 aromatic heterocycles. The van der Waals surface area contributed by atoms with Crippen LogP contribution in [-0.4, -0.2) is 62.7 Å². The van der Waals surface area contributed by atoms with E-state index in [-0.39, 0.29) is 18.0 Å². The maximum Gasteiger partial charge on any atom is 0.317 e. The molecule has 0 spiro atoms. The van der Waals surface area contributed by atoms with Gasteiger partial charge in [-0.15, -0.1) is 0 Å². The Hall–Kier alpha value is -2.93. The minimum Gasteiger partial charge on any atom is -0.497 e. The zero-order valence-electron chi connectivity index (χ0n) is 16.9. The van der Waals surface area contributed by atoms with E-state index in [1.54, 1.807) is 12.0 Å². The second kappa shape index (κ2) is 8.83. The number of nitrogens with zero attached hydrogens (tertiary/aromatic N) is 3. The van der Waals surface area contributed by atoms with Gasteiger partial charge in [-0.25, -0.2) is 4.79 Å². The Morgan fingerprint density at radius 3 is 2.47 bits per heavy atom. The second-order valence-corrected chi connectivity index (χ2v) is 7.94. The van der Waals surface area contributed by atoms with Gasteiger partial charge in [-0.2, -0.15) is 0 Å². The summed E-state index contributed by atoms with van der Waals surface area (Å²) in [6.45, 7) is 3.21. The molecular weight excluding hydrogens is 404 g/mol. The summed E-state index contributed by atoms with van der Waals surface area (Å²) in [5, 5.41) is 3.73. The molecule has 2 fully saturated rings. The van der Waals surface area contributed by atoms with Crippen LogP contribution in [0, 0.1) is 0 Å². The van der Waals surface area contributed by atoms with E-state index < -0.39 is 0 Å². The number of ether oxygens (including phenoxy) is 1. The molecule has 0 aliphatic carbocycles. The quantitative estimate of drug-likeness (QED) is 0.813. The smallest absolute Gasteiger partial charge is 0.317 e. The third kappa shape index (κ3) is 4.46. The summed E-state index contributed by atoms with van der Waals surface area (Å²) in [6.07, 6.45) is 0.306. The highest BCUT2D eigenvalue weighted by Gasteiger charge is 2.33. The monoisotopic (exact) mass is 428 g/mol. The van der Waals surface area contributed by atoms with Gasteiger partial charge in [-0.05, 0) is 42.5 Å². The van der Waals surface area contributed by atoms with Crippen LogP contribution in [-0.2, 0) is 4.79 Å². The molecule has 2 aliphatic heterocycles. The Kier molecular flexibility index (Phi) is 5.99. The summed E-state index contributed by atoms with van der Waals surface area (Å²) in [5.41, 5.74) is 1.88. The van der Waals surface area contributed by atoms with E-state index in [9.17, 15) is 9.59 Å². The van der Waals surface area contributed by atoms with Crippen molar-refractivity contribution in [3.63, 3.8) is 0 Å². The van der Waals surface area contributed by atoms with Gasteiger partial charge in [0.25, 0.3) is 0 Å². The van der Waals surface area contributed by atoms with Crippen LogP contribution in [0.4, 0.5) is 16.2 Å². The number of nitrogens with one attached hydrogen (secondary N) is 1. The summed E-state index contributed by atoms with van der Waals surface area (Å²) >= 11 is 6.08. The van der Waals surface area contributed by atoms with Crippen molar-refractivity contribution in [2.45, 2.75) is 12.5 Å². The van der Waals surface area contributed by atoms with E-state index >= 15 is 0 Å². The molecule has 1 unspecified atom stereocenters. The lowest BCUT2D eigenvalue weighted by Crippen LogP contribution is -2.53. The SMILES string of the molecule is COc1ccc(N2CC(NC(=O)N3CCN(c4cccc(Cl)c4)CC3)CC2=O)cc1. The Balaban J connectivity index is 1.30. The molecule has 2 aromatic rings. The summed E-state index contributed by atoms with van der Waals surface area (Å²) in [4.78, 5) is 30.9. The fourth-order valence-corrected chi connectivity index (χ4v) is 4.11. The summed E-state index contributed by atoms with van der Waals surface area (Å²) in [7, 11) is 1.61. The largest absolute Gasteiger partial charge is 0.497 e. The molecule has 0 bridgehead atoms. The van der Waals surface area contributed by atoms with Gasteiger partial charge < -0.3 is 24.8 Å². The standard InChI is InChI=1S/C22H25ClN4O3/c1-30-20-7-5-18(6-8-20)27-15-17(14-21(27)28)24-22(29)26-11-9-25(10-12-26)19-4-2-3-16(23)13-19/h2-8,13,17H,9-12,14-15H2,1H3,(H,24,29). The first-order chi connectivity index (χ1) is 14.5. The fourth-order valence-electron chi connectivity index (χ4n) is 3.92. The predicted molar refractivity (Wildman–Crippen MR) is 118 cm³/mol. The first-order valence-electron chi connectivity index (χ1n) is 10.0. The number of piperazine rings is 1. The highest BCUT2D eigenvalue weighted by atomic mass is 35.5. The van der Waals surface area contributed by atoms with E-state index in [1.165, 1.54) is 0 Å². The molecule has 1 N–H and O–H groups in total. The molecule has 158 valence electrons. The van der Waals surface area contributed by atoms with Crippen LogP contribution in [0.5, 0.6) is 5.75 Å². The van der Waals surface area contributed by atoms with Crippen molar-refractivity contribution in [1.29, 1.82) is 0 Å². The highest BCUT2D eigenvalue weighted by Crippen LogP contribution is 2.24. The lowest BCUT2D eigenvalue weighted by molar-refractivity contribution is -0.117. The van der Waals surface area contributed by atoms with Crippen molar-refractivity contribution in [2.75, 3.05) is 49.6 Å². The first kappa shape index (κ1) is 20.3. The van der Waals surface area contributed by atoms with Gasteiger partial charge in [0.15, 0.2) is 0 Å². The average Bonchev–Trinajstić information content (AvgIpc) is 3.13. The van der Waals surface area contributed by atoms with Crippen LogP contribution < -0.4 is 19.9 Å². The molecule has 7 nitrogen and oxygen atoms in total. The normalized spacial score (nSPS) is 19.2. The summed E-state index contributed by atoms with van der Waals surface area (Å²) < 4.78 is 5.17. The lowest BCUT2D eigenvalue weighted by atomic mass is 10.2. The minimum atomic E-state index is -0.196. The molecule has 1 atom stereocenters. The molecule has 30 heavy (non-hydrogen) atoms. The number of urea groups is 1. The van der Waals surface area contributed by atoms with Crippen molar-refractivity contribution in [3.8, 4) is 5.75 Å². The van der Waals surface area contributed by atoms with Gasteiger partial charge in [0, 0.05) is 55.5 Å². The Morgan fingerprint density at radius 1 is 1.07 bits per heavy atom. The number of hydrogen-bond donors (Lipinski definition) is 1. The third-order valence-electron chi connectivity index (χ3n) is 5.58. The van der Waals surface area contributed by atoms with Crippen LogP contribution in [0.25, 0.3) is 0 Å². The zero-order valence-corrected chi connectivity index (χ0v) is 17.6. The van der Waals surface area contributed by atoms with Gasteiger partial charge in [0.2, 0.25) is 5.91 Å². The predicted octanol–water partition coefficient (Wildman–Crippen LogP) is 2.99. The maximum atomic E-state index is 12.7. The zero-order chi connectivity index (χ0) is 21.1. The number of anilines is 2. The van der Waals surface area contributed by atoms with Crippen LogP contribution in [0.2, 0.25) is 5.02 Å². The topological polar surface area (TPSA) is 65.1 Å². The second-order valence-electron chi connectivity index (χ2n) is 7.51. The van der Waals surface area contributed by atoms with Crippen LogP contribution >= 0.6 is 11.6 Å². The van der Waals surface area contributed by atoms with E-state index in [2.05, 4.69) is 10.2 Å². The van der Waals surface area contributed by atoms with E-state index in [4.69, 9.17) is 16.3 Å². The molecule has 8 heteroatoms. The van der Waals surface area contributed by atoms with Crippen molar-refractivity contribution in [2.24, 2.45) is 0 Å². The Labute approximate surface area is 181 Å². The average molecular weight is 429 g/mol. The van der Waals surface area contributed by atoms with Crippen LogP contribution in [0.1, 0.15) is 6.42 Å². The minimum absolute atomic E-state index is 0.0104. The van der Waals surface area contributed by atoms with Crippen molar-refractivity contribution in [3.05, 3.63) is 53.6 Å².